The number of aliphatic carboxylic acids is 1. The predicted molar refractivity (Wildman–Crippen MR) is 553 cm³/mol. The highest BCUT2D eigenvalue weighted by atomic mass is 35.5. The SMILES string of the molecule is COCCOCCOCCOCCOCCOCCOCCOCCOCCOCCOCCOCCOCCOCCOCCOCCOCCOCCOCCOCCOCCOCCOCCOCCC(=O)NCCCC[C@H](CC(=O)[C@@H](NC(=O)CCCC(=O)O)C(C)C)C(=O)CCc1ccc([C@H]2O[C@@H]2[C@@H](C)[C@@H]2C/C=C/C(=O)N[C@H](Cc3ccc(C)c(Cl)c3)C(=O)N[C@@H](C)C(C)(C)C(=O)N[C@@H](CC(C)(C)C)C(=O)O2)cc1. The van der Waals surface area contributed by atoms with Gasteiger partial charge in [0.05, 0.1) is 328 Å². The second kappa shape index (κ2) is 87.3. The first-order chi connectivity index (χ1) is 72.1. The number of benzene rings is 2. The lowest BCUT2D eigenvalue weighted by molar-refractivity contribution is -0.157. The molecule has 0 unspecified atom stereocenters. The molecule has 1 saturated heterocycles. The number of rotatable bonds is 96. The van der Waals surface area contributed by atoms with E-state index >= 15 is 0 Å². The minimum Gasteiger partial charge on any atom is -0.481 e. The zero-order chi connectivity index (χ0) is 108. The minimum absolute atomic E-state index is 0.0724. The molecule has 9 atom stereocenters. The molecule has 856 valence electrons. The number of methoxy groups -OCH3 is 1. The molecule has 41 nitrogen and oxygen atoms in total. The van der Waals surface area contributed by atoms with Gasteiger partial charge in [0, 0.05) is 81.5 Å². The topological polar surface area (TPSA) is 477 Å². The number of hydrogen-bond acceptors (Lipinski definition) is 35. The fraction of sp³-hybridized carbons (Fsp3) is 0.785. The van der Waals surface area contributed by atoms with Gasteiger partial charge in [-0.05, 0) is 106 Å². The molecule has 42 heteroatoms. The van der Waals surface area contributed by atoms with Crippen LogP contribution in [-0.2, 0) is 179 Å². The normalized spacial score (nSPS) is 17.6. The fourth-order valence-corrected chi connectivity index (χ4v) is 14.8. The van der Waals surface area contributed by atoms with Crippen LogP contribution in [0.15, 0.2) is 54.6 Å². The molecule has 0 saturated carbocycles. The van der Waals surface area contributed by atoms with Gasteiger partial charge in [0.15, 0.2) is 5.78 Å². The number of ketones is 2. The van der Waals surface area contributed by atoms with E-state index in [-0.39, 0.29) is 94.4 Å². The van der Waals surface area contributed by atoms with Crippen molar-refractivity contribution in [3.05, 3.63) is 81.9 Å². The van der Waals surface area contributed by atoms with Crippen LogP contribution in [0.4, 0.5) is 0 Å². The molecule has 0 spiro atoms. The Morgan fingerprint density at radius 1 is 0.470 bits per heavy atom. The average molecular weight is 2150 g/mol. The second-order valence-corrected chi connectivity index (χ2v) is 38.3. The van der Waals surface area contributed by atoms with Crippen molar-refractivity contribution in [2.24, 2.45) is 28.6 Å². The van der Waals surface area contributed by atoms with Crippen LogP contribution in [0.5, 0.6) is 0 Å². The molecule has 4 rings (SSSR count). The second-order valence-electron chi connectivity index (χ2n) is 37.9. The first-order valence-electron chi connectivity index (χ1n) is 53.0. The Bertz CT molecular complexity index is 3840. The van der Waals surface area contributed by atoms with Crippen LogP contribution < -0.4 is 26.6 Å². The molecule has 0 radical (unpaired) electrons. The van der Waals surface area contributed by atoms with E-state index < -0.39 is 101 Å². The summed E-state index contributed by atoms with van der Waals surface area (Å²) in [6.07, 6.45) is 3.43. The summed E-state index contributed by atoms with van der Waals surface area (Å²) in [6.45, 7) is 39.8. The molecule has 149 heavy (non-hydrogen) atoms. The maximum Gasteiger partial charge on any atom is 0.328 e. The summed E-state index contributed by atoms with van der Waals surface area (Å²) in [6, 6.07) is 9.35. The van der Waals surface area contributed by atoms with Gasteiger partial charge in [-0.25, -0.2) is 4.79 Å². The quantitative estimate of drug-likeness (QED) is 0.0208. The van der Waals surface area contributed by atoms with Crippen molar-refractivity contribution >= 4 is 64.6 Å². The molecule has 2 aliphatic rings. The molecule has 0 aromatic heterocycles. The zero-order valence-corrected chi connectivity index (χ0v) is 91.5. The highest BCUT2D eigenvalue weighted by Crippen LogP contribution is 2.45. The van der Waals surface area contributed by atoms with Crippen LogP contribution in [0, 0.1) is 35.5 Å². The van der Waals surface area contributed by atoms with Gasteiger partial charge in [-0.2, -0.15) is 0 Å². The van der Waals surface area contributed by atoms with Gasteiger partial charge in [0.2, 0.25) is 29.5 Å². The predicted octanol–water partition coefficient (Wildman–Crippen LogP) is 7.95. The van der Waals surface area contributed by atoms with Crippen LogP contribution in [0.1, 0.15) is 161 Å². The highest BCUT2D eigenvalue weighted by Gasteiger charge is 2.48. The molecule has 2 aliphatic heterocycles. The third-order valence-corrected chi connectivity index (χ3v) is 24.1. The number of cyclic esters (lactones) is 1. The smallest absolute Gasteiger partial charge is 0.328 e. The van der Waals surface area contributed by atoms with Crippen LogP contribution in [0.2, 0.25) is 5.02 Å². The van der Waals surface area contributed by atoms with Gasteiger partial charge in [0.1, 0.15) is 30.1 Å². The number of carboxylic acid groups (broad SMARTS) is 1. The lowest BCUT2D eigenvalue weighted by Crippen LogP contribution is -2.58. The van der Waals surface area contributed by atoms with Crippen molar-refractivity contribution in [3.8, 4) is 0 Å². The van der Waals surface area contributed by atoms with Crippen molar-refractivity contribution in [1.29, 1.82) is 0 Å². The Kier molecular flexibility index (Phi) is 78.7. The minimum atomic E-state index is -1.23. The van der Waals surface area contributed by atoms with Gasteiger partial charge in [-0.3, -0.25) is 38.4 Å². The zero-order valence-electron chi connectivity index (χ0n) is 90.7. The van der Waals surface area contributed by atoms with Crippen LogP contribution in [0.25, 0.3) is 0 Å². The third kappa shape index (κ3) is 70.3. The molecule has 5 amide bonds. The summed E-state index contributed by atoms with van der Waals surface area (Å²) < 4.78 is 145. The first kappa shape index (κ1) is 134. The summed E-state index contributed by atoms with van der Waals surface area (Å²) in [4.78, 5) is 122. The molecule has 1 fully saturated rings. The summed E-state index contributed by atoms with van der Waals surface area (Å²) in [7, 11) is 1.64. The molecular weight excluding hydrogens is 1970 g/mol. The van der Waals surface area contributed by atoms with Crippen molar-refractivity contribution in [3.63, 3.8) is 0 Å². The Morgan fingerprint density at radius 3 is 1.23 bits per heavy atom. The molecule has 2 heterocycles. The summed E-state index contributed by atoms with van der Waals surface area (Å²) in [5.41, 5.74) is 1.61. The molecule has 2 aromatic rings. The van der Waals surface area contributed by atoms with Gasteiger partial charge in [0.25, 0.3) is 0 Å². The maximum absolute atomic E-state index is 14.4. The van der Waals surface area contributed by atoms with E-state index in [1.807, 2.05) is 71.0 Å². The van der Waals surface area contributed by atoms with Crippen molar-refractivity contribution in [2.75, 3.05) is 324 Å². The summed E-state index contributed by atoms with van der Waals surface area (Å²) in [5, 5.41) is 24.1. The highest BCUT2D eigenvalue weighted by molar-refractivity contribution is 6.31. The van der Waals surface area contributed by atoms with E-state index in [2.05, 4.69) is 26.6 Å². The number of halogens is 1. The van der Waals surface area contributed by atoms with Gasteiger partial charge in [-0.1, -0.05) is 102 Å². The van der Waals surface area contributed by atoms with E-state index in [1.54, 1.807) is 53.9 Å². The number of esters is 1. The number of amides is 5. The first-order valence-corrected chi connectivity index (χ1v) is 53.4. The van der Waals surface area contributed by atoms with Crippen LogP contribution in [-0.4, -0.2) is 419 Å². The number of carboxylic acids is 1. The van der Waals surface area contributed by atoms with Crippen LogP contribution in [0.3, 0.4) is 0 Å². The lowest BCUT2D eigenvalue weighted by Gasteiger charge is -2.35. The number of unbranched alkanes of at least 4 members (excludes halogenated alkanes) is 1. The number of nitrogens with one attached hydrogen (secondary N) is 5. The lowest BCUT2D eigenvalue weighted by atomic mass is 9.82. The van der Waals surface area contributed by atoms with Crippen molar-refractivity contribution in [1.82, 2.24) is 26.6 Å². The Labute approximate surface area is 888 Å². The maximum atomic E-state index is 14.4. The van der Waals surface area contributed by atoms with E-state index in [9.17, 15) is 43.2 Å². The van der Waals surface area contributed by atoms with E-state index in [0.29, 0.717) is 340 Å². The molecule has 2 aromatic carbocycles. The Hall–Kier alpha value is -6.90. The summed E-state index contributed by atoms with van der Waals surface area (Å²) >= 11 is 6.47. The molecular formula is C107H180ClN5O36. The van der Waals surface area contributed by atoms with E-state index in [4.69, 9.17) is 140 Å². The van der Waals surface area contributed by atoms with Gasteiger partial charge in [-0.15, -0.1) is 0 Å². The number of epoxide rings is 1. The number of aryl methyl sites for hydroxylation is 2. The monoisotopic (exact) mass is 2150 g/mol. The number of carbonyl (C=O) groups excluding carboxylic acids is 8. The Balaban J connectivity index is 0.937. The number of Topliss-reactive ketones (excluding diaryl/α,β-unsaturated/α-hetero) is 2. The number of ether oxygens (including phenoxy) is 26. The third-order valence-electron chi connectivity index (χ3n) is 23.7. The van der Waals surface area contributed by atoms with Gasteiger partial charge >= 0.3 is 11.9 Å². The molecule has 0 bridgehead atoms. The van der Waals surface area contributed by atoms with E-state index in [0.717, 1.165) is 16.7 Å². The van der Waals surface area contributed by atoms with Gasteiger partial charge < -0.3 is 155 Å². The van der Waals surface area contributed by atoms with Crippen molar-refractivity contribution < 1.29 is 171 Å². The molecule has 0 aliphatic carbocycles. The van der Waals surface area contributed by atoms with Crippen LogP contribution >= 0.6 is 11.6 Å². The largest absolute Gasteiger partial charge is 0.481 e. The fourth-order valence-electron chi connectivity index (χ4n) is 14.6. The van der Waals surface area contributed by atoms with Crippen molar-refractivity contribution in [2.45, 2.75) is 195 Å². The summed E-state index contributed by atoms with van der Waals surface area (Å²) in [5.74, 6) is -5.74. The standard InChI is InChI=1S/C107H180ClN5O36/c1-82(2)100(113-98(118)19-15-20-99(119)120)94(115)80-89(93(114)28-25-86-23-26-88(27-24-86)102-101(149-102)84(4)95-17-14-18-97(117)111-91(79-87-22-21-83(3)90(108)78-87)103(121)110-85(5)107(9,10)105(123)112-92(104(122)148-95)81-106(6,7)8)16-12-13-30-109-96(116)29-31-125-34-35-127-38-39-129-42-43-131-46-47-133-50-51-135-54-55-137-58-59-139-62-63-141-66-67-143-70-71-145-74-75-147-77-76-146-73-72-144-69-68-142-65-64-140-61-60-138-57-56-136-53-52-134-49-48-132-45-44-130-41-40-128-37-36-126-33-32-124-11/h14,18,21-24,26-27,78,82,84-85,89,91-92,95,100-102H,12-13,15-17,19-20,25,28-77,79-81H2,1-11H3,(H,109,116)(H,110,121)(H,111,117)(H,112,123)(H,113,118)(H,119,120)/b18-14+/t84-,85-,89+,91+,92-,95-,100-,101+,102+/m0/s1. The molecule has 6 N–H and O–H groups in total. The average Bonchev–Trinajstić information content (AvgIpc) is 1.60. The number of carbonyl (C=O) groups is 9. The Morgan fingerprint density at radius 2 is 0.859 bits per heavy atom. The van der Waals surface area contributed by atoms with E-state index in [1.165, 1.54) is 6.08 Å². The number of hydrogen-bond donors (Lipinski definition) is 6.